The molecule has 30 heavy (non-hydrogen) atoms. The Morgan fingerprint density at radius 1 is 0.967 bits per heavy atom. The van der Waals surface area contributed by atoms with Gasteiger partial charge in [0.25, 0.3) is 5.91 Å². The van der Waals surface area contributed by atoms with Gasteiger partial charge in [0.1, 0.15) is 5.75 Å². The van der Waals surface area contributed by atoms with Crippen LogP contribution in [0.5, 0.6) is 5.75 Å². The number of ether oxygens (including phenoxy) is 2. The highest BCUT2D eigenvalue weighted by Crippen LogP contribution is 2.21. The number of carbonyl (C=O) groups excluding carboxylic acids is 3. The van der Waals surface area contributed by atoms with Crippen LogP contribution in [0.1, 0.15) is 27.4 Å². The van der Waals surface area contributed by atoms with E-state index in [1.165, 1.54) is 11.3 Å². The molecule has 1 aliphatic rings. The maximum Gasteiger partial charge on any atom is 0.306 e. The van der Waals surface area contributed by atoms with Crippen LogP contribution in [-0.2, 0) is 14.3 Å². The minimum absolute atomic E-state index is 0.0195. The Hall–Kier alpha value is -2.87. The van der Waals surface area contributed by atoms with E-state index in [9.17, 15) is 14.4 Å². The van der Waals surface area contributed by atoms with Gasteiger partial charge in [-0.05, 0) is 43.3 Å². The molecule has 0 spiro atoms. The van der Waals surface area contributed by atoms with E-state index >= 15 is 0 Å². The van der Waals surface area contributed by atoms with E-state index in [2.05, 4.69) is 4.90 Å². The monoisotopic (exact) mass is 430 g/mol. The van der Waals surface area contributed by atoms with Crippen molar-refractivity contribution in [2.45, 2.75) is 19.8 Å². The molecule has 0 unspecified atom stereocenters. The first-order chi connectivity index (χ1) is 14.5. The van der Waals surface area contributed by atoms with Crippen molar-refractivity contribution in [3.63, 3.8) is 0 Å². The summed E-state index contributed by atoms with van der Waals surface area (Å²) in [5.74, 6) is -0.00704. The van der Waals surface area contributed by atoms with Crippen molar-refractivity contribution in [2.24, 2.45) is 0 Å². The van der Waals surface area contributed by atoms with E-state index in [4.69, 9.17) is 9.47 Å². The fraction of sp³-hybridized carbons (Fsp3) is 0.409. The summed E-state index contributed by atoms with van der Waals surface area (Å²) in [6.45, 7) is 4.20. The van der Waals surface area contributed by atoms with Crippen molar-refractivity contribution in [1.82, 2.24) is 4.90 Å². The van der Waals surface area contributed by atoms with Gasteiger partial charge in [-0.15, -0.1) is 11.3 Å². The first-order valence-electron chi connectivity index (χ1n) is 9.88. The molecule has 1 saturated heterocycles. The number of thiophene rings is 1. The van der Waals surface area contributed by atoms with Gasteiger partial charge in [-0.3, -0.25) is 14.4 Å². The summed E-state index contributed by atoms with van der Waals surface area (Å²) in [7, 11) is 1.63. The number of amides is 1. The molecule has 0 N–H and O–H groups in total. The standard InChI is InChI=1S/C22H26N2O5S/c1-16-3-9-20(30-16)19(25)8-10-22(27)29-15-21(26)24-13-11-23(12-14-24)17-4-6-18(28-2)7-5-17/h3-7,9H,8,10-15H2,1-2H3. The van der Waals surface area contributed by atoms with E-state index in [-0.39, 0.29) is 31.1 Å². The minimum atomic E-state index is -0.526. The molecule has 3 rings (SSSR count). The predicted octanol–water partition coefficient (Wildman–Crippen LogP) is 2.92. The Kier molecular flexibility index (Phi) is 7.46. The number of piperazine rings is 1. The van der Waals surface area contributed by atoms with Gasteiger partial charge in [-0.25, -0.2) is 0 Å². The Morgan fingerprint density at radius 2 is 1.67 bits per heavy atom. The van der Waals surface area contributed by atoms with E-state index in [1.807, 2.05) is 37.3 Å². The molecule has 0 atom stereocenters. The molecule has 2 aromatic rings. The number of rotatable bonds is 8. The van der Waals surface area contributed by atoms with Crippen molar-refractivity contribution < 1.29 is 23.9 Å². The van der Waals surface area contributed by atoms with E-state index in [1.54, 1.807) is 18.1 Å². The van der Waals surface area contributed by atoms with Gasteiger partial charge < -0.3 is 19.3 Å². The lowest BCUT2D eigenvalue weighted by Gasteiger charge is -2.36. The number of carbonyl (C=O) groups is 3. The molecule has 0 bridgehead atoms. The van der Waals surface area contributed by atoms with Crippen LogP contribution in [0, 0.1) is 6.92 Å². The second kappa shape index (κ2) is 10.2. The Labute approximate surface area is 180 Å². The molecule has 0 aliphatic carbocycles. The van der Waals surface area contributed by atoms with Gasteiger partial charge in [0.05, 0.1) is 18.4 Å². The molecule has 1 fully saturated rings. The van der Waals surface area contributed by atoms with E-state index in [0.717, 1.165) is 16.3 Å². The summed E-state index contributed by atoms with van der Waals surface area (Å²) in [4.78, 5) is 41.9. The van der Waals surface area contributed by atoms with Gasteiger partial charge in [0.2, 0.25) is 0 Å². The van der Waals surface area contributed by atoms with Gasteiger partial charge in [-0.1, -0.05) is 0 Å². The lowest BCUT2D eigenvalue weighted by molar-refractivity contribution is -0.152. The Morgan fingerprint density at radius 3 is 2.27 bits per heavy atom. The van der Waals surface area contributed by atoms with Crippen molar-refractivity contribution in [2.75, 3.05) is 44.8 Å². The highest BCUT2D eigenvalue weighted by atomic mass is 32.1. The first-order valence-corrected chi connectivity index (χ1v) is 10.7. The van der Waals surface area contributed by atoms with Crippen molar-refractivity contribution >= 4 is 34.7 Å². The average Bonchev–Trinajstić information content (AvgIpc) is 3.22. The molecule has 160 valence electrons. The number of hydrogen-bond donors (Lipinski definition) is 0. The first kappa shape index (κ1) is 21.8. The summed E-state index contributed by atoms with van der Waals surface area (Å²) >= 11 is 1.41. The third-order valence-electron chi connectivity index (χ3n) is 5.00. The maximum absolute atomic E-state index is 12.3. The van der Waals surface area contributed by atoms with Gasteiger partial charge in [0, 0.05) is 43.2 Å². The summed E-state index contributed by atoms with van der Waals surface area (Å²) in [5, 5.41) is 0. The Bertz CT molecular complexity index is 885. The zero-order valence-electron chi connectivity index (χ0n) is 17.3. The third kappa shape index (κ3) is 5.82. The molecule has 7 nitrogen and oxygen atoms in total. The molecule has 2 heterocycles. The minimum Gasteiger partial charge on any atom is -0.497 e. The lowest BCUT2D eigenvalue weighted by Crippen LogP contribution is -2.49. The maximum atomic E-state index is 12.3. The molecule has 1 aromatic carbocycles. The summed E-state index contributed by atoms with van der Waals surface area (Å²) in [5.41, 5.74) is 1.08. The van der Waals surface area contributed by atoms with Crippen LogP contribution >= 0.6 is 11.3 Å². The van der Waals surface area contributed by atoms with Crippen LogP contribution in [0.15, 0.2) is 36.4 Å². The number of methoxy groups -OCH3 is 1. The molecule has 1 amide bonds. The molecule has 0 radical (unpaired) electrons. The summed E-state index contributed by atoms with van der Waals surface area (Å²) in [6.07, 6.45) is 0.0713. The quantitative estimate of drug-likeness (QED) is 0.474. The van der Waals surface area contributed by atoms with Crippen molar-refractivity contribution in [1.29, 1.82) is 0 Å². The number of hydrogen-bond acceptors (Lipinski definition) is 7. The largest absolute Gasteiger partial charge is 0.497 e. The smallest absolute Gasteiger partial charge is 0.306 e. The molecule has 0 saturated carbocycles. The van der Waals surface area contributed by atoms with Crippen LogP contribution in [-0.4, -0.2) is 62.5 Å². The highest BCUT2D eigenvalue weighted by Gasteiger charge is 2.22. The highest BCUT2D eigenvalue weighted by molar-refractivity contribution is 7.14. The second-order valence-electron chi connectivity index (χ2n) is 7.06. The van der Waals surface area contributed by atoms with Crippen molar-refractivity contribution in [3.05, 3.63) is 46.2 Å². The van der Waals surface area contributed by atoms with Crippen LogP contribution in [0.3, 0.4) is 0 Å². The number of ketones is 1. The van der Waals surface area contributed by atoms with Crippen LogP contribution in [0.4, 0.5) is 5.69 Å². The van der Waals surface area contributed by atoms with Crippen molar-refractivity contribution in [3.8, 4) is 5.75 Å². The molecular weight excluding hydrogens is 404 g/mol. The predicted molar refractivity (Wildman–Crippen MR) is 115 cm³/mol. The zero-order valence-corrected chi connectivity index (χ0v) is 18.1. The van der Waals surface area contributed by atoms with E-state index in [0.29, 0.717) is 31.1 Å². The summed E-state index contributed by atoms with van der Waals surface area (Å²) in [6, 6.07) is 11.5. The number of nitrogens with zero attached hydrogens (tertiary/aromatic N) is 2. The van der Waals surface area contributed by atoms with Crippen LogP contribution in [0.2, 0.25) is 0 Å². The lowest BCUT2D eigenvalue weighted by atomic mass is 10.2. The SMILES string of the molecule is COc1ccc(N2CCN(C(=O)COC(=O)CCC(=O)c3ccc(C)s3)CC2)cc1. The Balaban J connectivity index is 1.37. The topological polar surface area (TPSA) is 76.2 Å². The fourth-order valence-corrected chi connectivity index (χ4v) is 4.07. The number of aryl methyl sites for hydroxylation is 1. The average molecular weight is 431 g/mol. The molecular formula is C22H26N2O5S. The van der Waals surface area contributed by atoms with Gasteiger partial charge >= 0.3 is 5.97 Å². The van der Waals surface area contributed by atoms with Gasteiger partial charge in [0.15, 0.2) is 12.4 Å². The molecule has 1 aromatic heterocycles. The third-order valence-corrected chi connectivity index (χ3v) is 6.04. The fourth-order valence-electron chi connectivity index (χ4n) is 3.24. The number of esters is 1. The number of anilines is 1. The normalized spacial score (nSPS) is 13.8. The zero-order chi connectivity index (χ0) is 21.5. The number of Topliss-reactive ketones (excluding diaryl/α,β-unsaturated/α-hetero) is 1. The summed E-state index contributed by atoms with van der Waals surface area (Å²) < 4.78 is 10.3. The van der Waals surface area contributed by atoms with Crippen LogP contribution in [0.25, 0.3) is 0 Å². The van der Waals surface area contributed by atoms with Crippen LogP contribution < -0.4 is 9.64 Å². The number of benzene rings is 1. The molecule has 1 aliphatic heterocycles. The molecule has 8 heteroatoms. The van der Waals surface area contributed by atoms with Gasteiger partial charge in [-0.2, -0.15) is 0 Å². The second-order valence-corrected chi connectivity index (χ2v) is 8.35. The van der Waals surface area contributed by atoms with E-state index < -0.39 is 5.97 Å².